The molecule has 9 N–H and O–H groups in total. The number of carbonyl (C=O) groups is 1. The molecule has 242 valence electrons. The first-order valence-corrected chi connectivity index (χ1v) is 15.1. The van der Waals surface area contributed by atoms with Gasteiger partial charge in [-0.1, -0.05) is 84.0 Å². The Morgan fingerprint density at radius 3 is 1.63 bits per heavy atom. The van der Waals surface area contributed by atoms with Gasteiger partial charge >= 0.3 is 5.97 Å². The molecule has 41 heavy (non-hydrogen) atoms. The number of carboxylic acid groups (broad SMARTS) is 1. The Labute approximate surface area is 241 Å². The van der Waals surface area contributed by atoms with Gasteiger partial charge in [0, 0.05) is 0 Å². The van der Waals surface area contributed by atoms with Crippen molar-refractivity contribution >= 4 is 5.97 Å². The van der Waals surface area contributed by atoms with Crippen LogP contribution in [0.15, 0.2) is 0 Å². The molecule has 13 heteroatoms. The zero-order chi connectivity index (χ0) is 30.6. The van der Waals surface area contributed by atoms with Crippen molar-refractivity contribution in [2.75, 3.05) is 19.8 Å². The van der Waals surface area contributed by atoms with Crippen molar-refractivity contribution < 1.29 is 65.0 Å². The quantitative estimate of drug-likeness (QED) is 0.0829. The number of carboxylic acids is 1. The van der Waals surface area contributed by atoms with Gasteiger partial charge in [0.25, 0.3) is 0 Å². The molecule has 0 spiro atoms. The average molecular weight is 597 g/mol. The maximum absolute atomic E-state index is 12.6. The molecule has 2 unspecified atom stereocenters. The molecule has 0 saturated carbocycles. The van der Waals surface area contributed by atoms with Crippen LogP contribution in [0.4, 0.5) is 0 Å². The van der Waals surface area contributed by atoms with Crippen molar-refractivity contribution in [1.29, 1.82) is 0 Å². The van der Waals surface area contributed by atoms with Crippen LogP contribution >= 0.6 is 0 Å². The van der Waals surface area contributed by atoms with Gasteiger partial charge in [0.2, 0.25) is 11.6 Å². The van der Waals surface area contributed by atoms with Crippen LogP contribution in [0.3, 0.4) is 0 Å². The molecular formula is C28H52O13. The van der Waals surface area contributed by atoms with Gasteiger partial charge in [-0.15, -0.1) is 0 Å². The van der Waals surface area contributed by atoms with Crippen LogP contribution in [0.25, 0.3) is 0 Å². The third-order valence-corrected chi connectivity index (χ3v) is 8.35. The summed E-state index contributed by atoms with van der Waals surface area (Å²) in [6.45, 7) is -0.652. The first kappa shape index (κ1) is 36.2. The van der Waals surface area contributed by atoms with Crippen molar-refractivity contribution in [1.82, 2.24) is 0 Å². The monoisotopic (exact) mass is 596 g/mol. The molecule has 13 nitrogen and oxygen atoms in total. The molecule has 2 saturated heterocycles. The van der Waals surface area contributed by atoms with Crippen LogP contribution in [-0.2, 0) is 19.0 Å². The van der Waals surface area contributed by atoms with E-state index in [0.29, 0.717) is 12.8 Å². The van der Waals surface area contributed by atoms with Gasteiger partial charge in [-0.25, -0.2) is 0 Å². The molecular weight excluding hydrogens is 544 g/mol. The highest BCUT2D eigenvalue weighted by Crippen LogP contribution is 2.45. The van der Waals surface area contributed by atoms with E-state index < -0.39 is 86.0 Å². The molecule has 2 aliphatic rings. The topological polar surface area (TPSA) is 227 Å². The molecule has 0 aromatic rings. The van der Waals surface area contributed by atoms with Gasteiger partial charge in [-0.3, -0.25) is 4.79 Å². The SMILES string of the molecule is CCCCCCCCCCCCCCC(C(=O)O)[C@@]1(OC2(CO)O[C@H](CO)[C@@H](O)[C@@H]2O)O[C@H](CO)[C@@H](O)[C@H](O)[C@H]1O. The summed E-state index contributed by atoms with van der Waals surface area (Å²) in [7, 11) is 0. The fourth-order valence-corrected chi connectivity index (χ4v) is 5.82. The standard InChI is InChI=1S/C28H52O13/c1-2-3-4-5-6-7-8-9-10-11-12-13-14-18(26(37)38)28(25(36)23(34)21(32)19(15-29)40-28)41-27(17-31)24(35)22(33)20(16-30)39-27/h18-25,29-36H,2-17H2,1H3,(H,37,38)/t18?,19-,20-,21-,22-,23+,24+,25-,27?,28+/m1/s1. The largest absolute Gasteiger partial charge is 0.481 e. The van der Waals surface area contributed by atoms with E-state index >= 15 is 0 Å². The molecule has 10 atom stereocenters. The van der Waals surface area contributed by atoms with Crippen molar-refractivity contribution in [3.05, 3.63) is 0 Å². The zero-order valence-corrected chi connectivity index (χ0v) is 24.1. The van der Waals surface area contributed by atoms with Gasteiger partial charge in [0.05, 0.1) is 13.2 Å². The fraction of sp³-hybridized carbons (Fsp3) is 0.964. The Hall–Kier alpha value is -0.970. The number of rotatable bonds is 20. The average Bonchev–Trinajstić information content (AvgIpc) is 3.20. The zero-order valence-electron chi connectivity index (χ0n) is 24.1. The molecule has 2 fully saturated rings. The second kappa shape index (κ2) is 17.4. The summed E-state index contributed by atoms with van der Waals surface area (Å²) in [6, 6.07) is 0. The minimum Gasteiger partial charge on any atom is -0.481 e. The fourth-order valence-electron chi connectivity index (χ4n) is 5.82. The summed E-state index contributed by atoms with van der Waals surface area (Å²) in [4.78, 5) is 12.6. The van der Waals surface area contributed by atoms with E-state index in [2.05, 4.69) is 6.92 Å². The predicted molar refractivity (Wildman–Crippen MR) is 144 cm³/mol. The number of aliphatic hydroxyl groups excluding tert-OH is 8. The van der Waals surface area contributed by atoms with E-state index in [1.54, 1.807) is 0 Å². The summed E-state index contributed by atoms with van der Waals surface area (Å²) in [6.07, 6.45) is -0.593. The van der Waals surface area contributed by atoms with Crippen LogP contribution in [-0.4, -0.2) is 126 Å². The minimum absolute atomic E-state index is 0.131. The van der Waals surface area contributed by atoms with Crippen molar-refractivity contribution in [3.8, 4) is 0 Å². The maximum Gasteiger partial charge on any atom is 0.312 e. The highest BCUT2D eigenvalue weighted by Gasteiger charge is 2.66. The van der Waals surface area contributed by atoms with Crippen LogP contribution in [0.2, 0.25) is 0 Å². The summed E-state index contributed by atoms with van der Waals surface area (Å²) >= 11 is 0. The number of hydrogen-bond acceptors (Lipinski definition) is 12. The first-order valence-electron chi connectivity index (χ1n) is 15.1. The summed E-state index contributed by atoms with van der Waals surface area (Å²) in [5.41, 5.74) is 0. The molecule has 0 aromatic heterocycles. The third kappa shape index (κ3) is 8.79. The summed E-state index contributed by atoms with van der Waals surface area (Å²) < 4.78 is 16.9. The smallest absolute Gasteiger partial charge is 0.312 e. The normalized spacial score (nSPS) is 36.5. The molecule has 2 rings (SSSR count). The number of unbranched alkanes of at least 4 members (excludes halogenated alkanes) is 11. The Balaban J connectivity index is 2.14. The first-order chi connectivity index (χ1) is 19.5. The third-order valence-electron chi connectivity index (χ3n) is 8.35. The predicted octanol–water partition coefficient (Wildman–Crippen LogP) is -0.233. The Morgan fingerprint density at radius 1 is 0.707 bits per heavy atom. The molecule has 2 aliphatic heterocycles. The summed E-state index contributed by atoms with van der Waals surface area (Å²) in [5.74, 6) is -8.53. The Morgan fingerprint density at radius 2 is 1.20 bits per heavy atom. The molecule has 2 heterocycles. The van der Waals surface area contributed by atoms with Gasteiger partial charge in [0.1, 0.15) is 55.3 Å². The number of aliphatic carboxylic acids is 1. The van der Waals surface area contributed by atoms with Gasteiger partial charge in [-0.05, 0) is 6.42 Å². The lowest BCUT2D eigenvalue weighted by molar-refractivity contribution is -0.445. The van der Waals surface area contributed by atoms with E-state index in [-0.39, 0.29) is 6.42 Å². The Bertz CT molecular complexity index is 754. The second-order valence-corrected chi connectivity index (χ2v) is 11.4. The van der Waals surface area contributed by atoms with Crippen LogP contribution in [0.1, 0.15) is 90.4 Å². The van der Waals surface area contributed by atoms with E-state index in [1.807, 2.05) is 0 Å². The van der Waals surface area contributed by atoms with E-state index in [0.717, 1.165) is 25.7 Å². The maximum atomic E-state index is 12.6. The molecule has 0 bridgehead atoms. The number of hydrogen-bond donors (Lipinski definition) is 9. The Kier molecular flexibility index (Phi) is 15.3. The lowest BCUT2D eigenvalue weighted by atomic mass is 9.81. The van der Waals surface area contributed by atoms with Crippen LogP contribution in [0.5, 0.6) is 0 Å². The second-order valence-electron chi connectivity index (χ2n) is 11.4. The van der Waals surface area contributed by atoms with Gasteiger partial charge < -0.3 is 60.2 Å². The molecule has 0 aliphatic carbocycles. The summed E-state index contributed by atoms with van der Waals surface area (Å²) in [5, 5.41) is 92.6. The van der Waals surface area contributed by atoms with Crippen LogP contribution < -0.4 is 0 Å². The number of aliphatic hydroxyl groups is 8. The van der Waals surface area contributed by atoms with Crippen LogP contribution in [0, 0.1) is 5.92 Å². The van der Waals surface area contributed by atoms with Crippen molar-refractivity contribution in [3.63, 3.8) is 0 Å². The van der Waals surface area contributed by atoms with E-state index in [4.69, 9.17) is 14.2 Å². The van der Waals surface area contributed by atoms with Crippen molar-refractivity contribution in [2.45, 2.75) is 145 Å². The minimum atomic E-state index is -2.73. The lowest BCUT2D eigenvalue weighted by Gasteiger charge is -2.53. The molecule has 0 radical (unpaired) electrons. The van der Waals surface area contributed by atoms with Crippen molar-refractivity contribution in [2.24, 2.45) is 5.92 Å². The molecule has 0 aromatic carbocycles. The van der Waals surface area contributed by atoms with E-state index in [1.165, 1.54) is 38.5 Å². The lowest BCUT2D eigenvalue weighted by Crippen LogP contribution is -2.72. The van der Waals surface area contributed by atoms with Gasteiger partial charge in [0.15, 0.2) is 0 Å². The van der Waals surface area contributed by atoms with E-state index in [9.17, 15) is 50.8 Å². The highest BCUT2D eigenvalue weighted by molar-refractivity contribution is 5.71. The molecule has 0 amide bonds. The highest BCUT2D eigenvalue weighted by atomic mass is 16.8. The van der Waals surface area contributed by atoms with Gasteiger partial charge in [-0.2, -0.15) is 0 Å². The number of ether oxygens (including phenoxy) is 3.